The molecule has 0 aromatic heterocycles. The average Bonchev–Trinajstić information content (AvgIpc) is 2.74. The van der Waals surface area contributed by atoms with Crippen molar-refractivity contribution in [1.29, 1.82) is 0 Å². The van der Waals surface area contributed by atoms with E-state index in [2.05, 4.69) is 5.10 Å². The molecule has 1 unspecified atom stereocenters. The van der Waals surface area contributed by atoms with Crippen LogP contribution in [-0.2, 0) is 16.1 Å². The second-order valence-corrected chi connectivity index (χ2v) is 4.27. The van der Waals surface area contributed by atoms with Gasteiger partial charge in [-0.1, -0.05) is 30.3 Å². The summed E-state index contributed by atoms with van der Waals surface area (Å²) in [4.78, 5) is 22.4. The van der Waals surface area contributed by atoms with Crippen molar-refractivity contribution >= 4 is 17.5 Å². The van der Waals surface area contributed by atoms with Gasteiger partial charge >= 0.3 is 5.97 Å². The second kappa shape index (κ2) is 5.00. The number of carbonyl (C=O) groups is 2. The van der Waals surface area contributed by atoms with Crippen LogP contribution in [0.2, 0.25) is 0 Å². The van der Waals surface area contributed by atoms with Crippen molar-refractivity contribution in [1.82, 2.24) is 5.01 Å². The van der Waals surface area contributed by atoms with Crippen LogP contribution in [0.1, 0.15) is 18.9 Å². The van der Waals surface area contributed by atoms with E-state index in [1.54, 1.807) is 5.01 Å². The number of rotatable bonds is 4. The van der Waals surface area contributed by atoms with Gasteiger partial charge in [-0.15, -0.1) is 0 Å². The molecule has 1 aliphatic rings. The fourth-order valence-corrected chi connectivity index (χ4v) is 1.95. The van der Waals surface area contributed by atoms with E-state index in [0.29, 0.717) is 6.54 Å². The first-order valence-electron chi connectivity index (χ1n) is 5.69. The molecule has 0 bridgehead atoms. The third kappa shape index (κ3) is 2.56. The lowest BCUT2D eigenvalue weighted by atomic mass is 10.1. The van der Waals surface area contributed by atoms with Crippen molar-refractivity contribution in [2.24, 2.45) is 5.10 Å². The molecule has 0 amide bonds. The third-order valence-electron chi connectivity index (χ3n) is 2.90. The van der Waals surface area contributed by atoms with E-state index in [9.17, 15) is 9.59 Å². The molecule has 0 radical (unpaired) electrons. The lowest BCUT2D eigenvalue weighted by Crippen LogP contribution is -2.32. The lowest BCUT2D eigenvalue weighted by molar-refractivity contribution is -0.129. The van der Waals surface area contributed by atoms with Gasteiger partial charge in [0, 0.05) is 6.42 Å². The Morgan fingerprint density at radius 3 is 2.61 bits per heavy atom. The highest BCUT2D eigenvalue weighted by atomic mass is 16.4. The molecule has 5 heteroatoms. The minimum absolute atomic E-state index is 0.0473. The molecular formula is C13H14N2O3. The molecule has 2 rings (SSSR count). The first-order chi connectivity index (χ1) is 8.58. The lowest BCUT2D eigenvalue weighted by Gasteiger charge is -2.21. The molecule has 1 N–H and O–H groups in total. The van der Waals surface area contributed by atoms with Crippen LogP contribution in [-0.4, -0.2) is 33.6 Å². The third-order valence-corrected chi connectivity index (χ3v) is 2.90. The molecule has 1 aromatic rings. The average molecular weight is 246 g/mol. The largest absolute Gasteiger partial charge is 0.477 e. The monoisotopic (exact) mass is 246 g/mol. The van der Waals surface area contributed by atoms with E-state index >= 15 is 0 Å². The summed E-state index contributed by atoms with van der Waals surface area (Å²) >= 11 is 0. The van der Waals surface area contributed by atoms with Gasteiger partial charge < -0.3 is 5.11 Å². The number of hydrazone groups is 1. The summed E-state index contributed by atoms with van der Waals surface area (Å²) in [6.45, 7) is 1.91. The van der Waals surface area contributed by atoms with Gasteiger partial charge in [0.15, 0.2) is 5.78 Å². The van der Waals surface area contributed by atoms with Gasteiger partial charge in [0.25, 0.3) is 0 Å². The van der Waals surface area contributed by atoms with Crippen LogP contribution in [0.25, 0.3) is 0 Å². The molecule has 0 fully saturated rings. The summed E-state index contributed by atoms with van der Waals surface area (Å²) in [5, 5.41) is 14.5. The first-order valence-corrected chi connectivity index (χ1v) is 5.69. The normalized spacial score (nSPS) is 18.6. The smallest absolute Gasteiger partial charge is 0.352 e. The van der Waals surface area contributed by atoms with Crippen molar-refractivity contribution < 1.29 is 14.7 Å². The van der Waals surface area contributed by atoms with Crippen molar-refractivity contribution in [3.63, 3.8) is 0 Å². The number of benzene rings is 1. The summed E-state index contributed by atoms with van der Waals surface area (Å²) in [5.74, 6) is -1.12. The van der Waals surface area contributed by atoms with Crippen molar-refractivity contribution in [2.45, 2.75) is 25.9 Å². The Hall–Kier alpha value is -2.17. The number of carboxylic acids is 1. The predicted molar refractivity (Wildman–Crippen MR) is 66.1 cm³/mol. The Bertz CT molecular complexity index is 496. The molecule has 18 heavy (non-hydrogen) atoms. The number of nitrogens with zero attached hydrogens (tertiary/aromatic N) is 2. The van der Waals surface area contributed by atoms with Gasteiger partial charge in [-0.05, 0) is 12.5 Å². The van der Waals surface area contributed by atoms with E-state index in [1.165, 1.54) is 6.92 Å². The van der Waals surface area contributed by atoms with Crippen LogP contribution in [0, 0.1) is 0 Å². The quantitative estimate of drug-likeness (QED) is 0.869. The van der Waals surface area contributed by atoms with Gasteiger partial charge in [0.2, 0.25) is 0 Å². The van der Waals surface area contributed by atoms with Crippen LogP contribution in [0.5, 0.6) is 0 Å². The summed E-state index contributed by atoms with van der Waals surface area (Å²) in [6.07, 6.45) is 0.178. The molecule has 0 saturated carbocycles. The molecular weight excluding hydrogens is 232 g/mol. The SMILES string of the molecule is CC(=O)C1CC(C(=O)O)=NN1Cc1ccccc1. The van der Waals surface area contributed by atoms with E-state index in [1.807, 2.05) is 30.3 Å². The number of carbonyl (C=O) groups excluding carboxylic acids is 1. The molecule has 0 aliphatic carbocycles. The number of carboxylic acid groups (broad SMARTS) is 1. The summed E-state index contributed by atoms with van der Waals surface area (Å²) in [7, 11) is 0. The van der Waals surface area contributed by atoms with Crippen molar-refractivity contribution in [3.8, 4) is 0 Å². The molecule has 1 aliphatic heterocycles. The zero-order valence-corrected chi connectivity index (χ0v) is 10.0. The molecule has 0 spiro atoms. The van der Waals surface area contributed by atoms with Crippen LogP contribution in [0.4, 0.5) is 0 Å². The van der Waals surface area contributed by atoms with E-state index in [4.69, 9.17) is 5.11 Å². The molecule has 5 nitrogen and oxygen atoms in total. The maximum absolute atomic E-state index is 11.5. The number of hydrogen-bond donors (Lipinski definition) is 1. The first kappa shape index (κ1) is 12.3. The zero-order chi connectivity index (χ0) is 13.1. The zero-order valence-electron chi connectivity index (χ0n) is 10.0. The van der Waals surface area contributed by atoms with Crippen molar-refractivity contribution in [2.75, 3.05) is 0 Å². The Kier molecular flexibility index (Phi) is 3.41. The summed E-state index contributed by atoms with van der Waals surface area (Å²) in [5.41, 5.74) is 1.05. The number of hydrogen-bond acceptors (Lipinski definition) is 4. The highest BCUT2D eigenvalue weighted by Gasteiger charge is 2.32. The number of aliphatic carboxylic acids is 1. The molecule has 0 saturated heterocycles. The van der Waals surface area contributed by atoms with Crippen LogP contribution >= 0.6 is 0 Å². The number of Topliss-reactive ketones (excluding diaryl/α,β-unsaturated/α-hetero) is 1. The molecule has 1 aromatic carbocycles. The molecule has 1 atom stereocenters. The number of ketones is 1. The van der Waals surface area contributed by atoms with Gasteiger partial charge in [-0.2, -0.15) is 5.10 Å². The fraction of sp³-hybridized carbons (Fsp3) is 0.308. The maximum Gasteiger partial charge on any atom is 0.352 e. The van der Waals surface area contributed by atoms with E-state index in [0.717, 1.165) is 5.56 Å². The Balaban J connectivity index is 2.18. The maximum atomic E-state index is 11.5. The van der Waals surface area contributed by atoms with Gasteiger partial charge in [-0.25, -0.2) is 4.79 Å². The molecule has 94 valence electrons. The van der Waals surface area contributed by atoms with Crippen molar-refractivity contribution in [3.05, 3.63) is 35.9 Å². The second-order valence-electron chi connectivity index (χ2n) is 4.27. The highest BCUT2D eigenvalue weighted by Crippen LogP contribution is 2.19. The van der Waals surface area contributed by atoms with E-state index < -0.39 is 12.0 Å². The Morgan fingerprint density at radius 2 is 2.06 bits per heavy atom. The standard InChI is InChI=1S/C13H14N2O3/c1-9(16)12-7-11(13(17)18)14-15(12)8-10-5-3-2-4-6-10/h2-6,12H,7-8H2,1H3,(H,17,18). The fourth-order valence-electron chi connectivity index (χ4n) is 1.95. The minimum atomic E-state index is -1.06. The summed E-state index contributed by atoms with van der Waals surface area (Å²) < 4.78 is 0. The van der Waals surface area contributed by atoms with E-state index in [-0.39, 0.29) is 17.9 Å². The Morgan fingerprint density at radius 1 is 1.39 bits per heavy atom. The highest BCUT2D eigenvalue weighted by molar-refractivity contribution is 6.36. The van der Waals surface area contributed by atoms with Gasteiger partial charge in [-0.3, -0.25) is 9.80 Å². The van der Waals surface area contributed by atoms with Gasteiger partial charge in [0.05, 0.1) is 6.54 Å². The summed E-state index contributed by atoms with van der Waals surface area (Å²) in [6, 6.07) is 9.08. The molecule has 1 heterocycles. The van der Waals surface area contributed by atoms with Gasteiger partial charge in [0.1, 0.15) is 11.8 Å². The predicted octanol–water partition coefficient (Wildman–Crippen LogP) is 1.29. The van der Waals surface area contributed by atoms with Crippen LogP contribution in [0.3, 0.4) is 0 Å². The van der Waals surface area contributed by atoms with Crippen LogP contribution < -0.4 is 0 Å². The topological polar surface area (TPSA) is 70.0 Å². The minimum Gasteiger partial charge on any atom is -0.477 e. The Labute approximate surface area is 105 Å². The van der Waals surface area contributed by atoms with Crippen LogP contribution in [0.15, 0.2) is 35.4 Å².